The van der Waals surface area contributed by atoms with Crippen LogP contribution in [0.15, 0.2) is 28.7 Å². The fraction of sp³-hybridized carbons (Fsp3) is 0.500. The first kappa shape index (κ1) is 13.1. The van der Waals surface area contributed by atoms with Crippen LogP contribution in [0.25, 0.3) is 11.0 Å². The Labute approximate surface area is 118 Å². The minimum atomic E-state index is 0.352. The fourth-order valence-corrected chi connectivity index (χ4v) is 4.23. The Hall–Kier alpha value is -0.930. The van der Waals surface area contributed by atoms with Gasteiger partial charge in [0.15, 0.2) is 0 Å². The van der Waals surface area contributed by atoms with Gasteiger partial charge in [0.1, 0.15) is 11.3 Å². The molecule has 0 bridgehead atoms. The Kier molecular flexibility index (Phi) is 3.85. The molecule has 2 unspecified atom stereocenters. The standard InChI is InChI=1S/C16H21NOS/c1-3-17-16(15-5-4-8-19-15)14-10-12-9-11(2)6-7-13(12)18-14/h6-7,9-10,15-17H,3-5,8H2,1-2H3. The van der Waals surface area contributed by atoms with E-state index >= 15 is 0 Å². The summed E-state index contributed by atoms with van der Waals surface area (Å²) >= 11 is 2.08. The summed E-state index contributed by atoms with van der Waals surface area (Å²) in [5, 5.41) is 5.48. The molecule has 1 aliphatic rings. The summed E-state index contributed by atoms with van der Waals surface area (Å²) in [6, 6.07) is 8.97. The maximum atomic E-state index is 6.07. The zero-order valence-corrected chi connectivity index (χ0v) is 12.4. The number of fused-ring (bicyclic) bond motifs is 1. The largest absolute Gasteiger partial charge is 0.459 e. The number of rotatable bonds is 4. The van der Waals surface area contributed by atoms with E-state index in [4.69, 9.17) is 4.42 Å². The van der Waals surface area contributed by atoms with Crippen molar-refractivity contribution in [3.63, 3.8) is 0 Å². The topological polar surface area (TPSA) is 25.2 Å². The molecule has 1 fully saturated rings. The first-order valence-corrected chi connectivity index (χ1v) is 8.18. The second-order valence-electron chi connectivity index (χ2n) is 5.28. The molecule has 1 aliphatic heterocycles. The van der Waals surface area contributed by atoms with E-state index in [9.17, 15) is 0 Å². The summed E-state index contributed by atoms with van der Waals surface area (Å²) in [7, 11) is 0. The lowest BCUT2D eigenvalue weighted by molar-refractivity contribution is 0.422. The predicted octanol–water partition coefficient (Wildman–Crippen LogP) is 4.29. The first-order valence-electron chi connectivity index (χ1n) is 7.13. The van der Waals surface area contributed by atoms with E-state index in [1.165, 1.54) is 29.5 Å². The normalized spacial score (nSPS) is 21.1. The zero-order chi connectivity index (χ0) is 13.2. The summed E-state index contributed by atoms with van der Waals surface area (Å²) in [6.45, 7) is 5.28. The van der Waals surface area contributed by atoms with Crippen molar-refractivity contribution < 1.29 is 4.42 Å². The lowest BCUT2D eigenvalue weighted by Gasteiger charge is -2.21. The number of hydrogen-bond acceptors (Lipinski definition) is 3. The van der Waals surface area contributed by atoms with Gasteiger partial charge in [-0.25, -0.2) is 0 Å². The quantitative estimate of drug-likeness (QED) is 0.901. The molecule has 2 nitrogen and oxygen atoms in total. The average Bonchev–Trinajstić information content (AvgIpc) is 3.04. The molecule has 1 saturated heterocycles. The zero-order valence-electron chi connectivity index (χ0n) is 11.6. The Morgan fingerprint density at radius 2 is 2.32 bits per heavy atom. The van der Waals surface area contributed by atoms with Gasteiger partial charge in [-0.3, -0.25) is 0 Å². The maximum absolute atomic E-state index is 6.07. The summed E-state index contributed by atoms with van der Waals surface area (Å²) in [5.74, 6) is 2.38. The molecular formula is C16H21NOS. The van der Waals surface area contributed by atoms with Gasteiger partial charge in [0.2, 0.25) is 0 Å². The minimum absolute atomic E-state index is 0.352. The third kappa shape index (κ3) is 2.67. The van der Waals surface area contributed by atoms with E-state index in [1.807, 2.05) is 0 Å². The van der Waals surface area contributed by atoms with Gasteiger partial charge in [-0.2, -0.15) is 11.8 Å². The average molecular weight is 275 g/mol. The van der Waals surface area contributed by atoms with Gasteiger partial charge >= 0.3 is 0 Å². The van der Waals surface area contributed by atoms with Gasteiger partial charge in [0, 0.05) is 10.6 Å². The molecule has 2 aromatic rings. The molecule has 3 heteroatoms. The molecule has 0 saturated carbocycles. The van der Waals surface area contributed by atoms with E-state index in [1.54, 1.807) is 0 Å². The molecule has 1 N–H and O–H groups in total. The van der Waals surface area contributed by atoms with Crippen molar-refractivity contribution in [2.75, 3.05) is 12.3 Å². The van der Waals surface area contributed by atoms with Gasteiger partial charge in [-0.15, -0.1) is 0 Å². The highest BCUT2D eigenvalue weighted by Gasteiger charge is 2.28. The first-order chi connectivity index (χ1) is 9.28. The second kappa shape index (κ2) is 5.59. The maximum Gasteiger partial charge on any atom is 0.134 e. The van der Waals surface area contributed by atoms with Crippen LogP contribution in [-0.2, 0) is 0 Å². The molecule has 0 amide bonds. The number of aryl methyl sites for hydroxylation is 1. The highest BCUT2D eigenvalue weighted by atomic mass is 32.2. The SMILES string of the molecule is CCNC(c1cc2cc(C)ccc2o1)C1CCCS1. The molecule has 19 heavy (non-hydrogen) atoms. The molecule has 1 aromatic carbocycles. The summed E-state index contributed by atoms with van der Waals surface area (Å²) < 4.78 is 6.07. The van der Waals surface area contributed by atoms with Crippen LogP contribution in [0, 0.1) is 6.92 Å². The van der Waals surface area contributed by atoms with Crippen LogP contribution in [0.1, 0.15) is 37.1 Å². The minimum Gasteiger partial charge on any atom is -0.459 e. The highest BCUT2D eigenvalue weighted by molar-refractivity contribution is 8.00. The molecule has 0 radical (unpaired) electrons. The van der Waals surface area contributed by atoms with Crippen molar-refractivity contribution in [1.82, 2.24) is 5.32 Å². The van der Waals surface area contributed by atoms with E-state index in [0.29, 0.717) is 11.3 Å². The monoisotopic (exact) mass is 275 g/mol. The third-order valence-electron chi connectivity index (χ3n) is 3.76. The Morgan fingerprint density at radius 1 is 1.42 bits per heavy atom. The molecule has 2 atom stereocenters. The molecule has 1 aromatic heterocycles. The summed E-state index contributed by atoms with van der Waals surface area (Å²) in [5.41, 5.74) is 2.29. The lowest BCUT2D eigenvalue weighted by atomic mass is 10.1. The van der Waals surface area contributed by atoms with Crippen LogP contribution < -0.4 is 5.32 Å². The Bertz CT molecular complexity index is 557. The van der Waals surface area contributed by atoms with Crippen LogP contribution in [0.5, 0.6) is 0 Å². The van der Waals surface area contributed by atoms with Crippen molar-refractivity contribution in [3.8, 4) is 0 Å². The Balaban J connectivity index is 1.94. The van der Waals surface area contributed by atoms with Crippen LogP contribution in [0.4, 0.5) is 0 Å². The number of furan rings is 1. The summed E-state index contributed by atoms with van der Waals surface area (Å²) in [4.78, 5) is 0. The van der Waals surface area contributed by atoms with Crippen molar-refractivity contribution >= 4 is 22.7 Å². The predicted molar refractivity (Wildman–Crippen MR) is 82.8 cm³/mol. The molecule has 102 valence electrons. The second-order valence-corrected chi connectivity index (χ2v) is 6.62. The Morgan fingerprint density at radius 3 is 3.05 bits per heavy atom. The number of hydrogen-bond donors (Lipinski definition) is 1. The van der Waals surface area contributed by atoms with Crippen molar-refractivity contribution in [1.29, 1.82) is 0 Å². The molecular weight excluding hydrogens is 254 g/mol. The van der Waals surface area contributed by atoms with Crippen molar-refractivity contribution in [3.05, 3.63) is 35.6 Å². The fourth-order valence-electron chi connectivity index (χ4n) is 2.84. The lowest BCUT2D eigenvalue weighted by Crippen LogP contribution is -2.28. The third-order valence-corrected chi connectivity index (χ3v) is 5.22. The number of thioether (sulfide) groups is 1. The van der Waals surface area contributed by atoms with Gasteiger partial charge in [-0.1, -0.05) is 18.6 Å². The van der Waals surface area contributed by atoms with E-state index in [2.05, 4.69) is 55.2 Å². The van der Waals surface area contributed by atoms with Crippen LogP contribution in [0.2, 0.25) is 0 Å². The van der Waals surface area contributed by atoms with Crippen LogP contribution in [0.3, 0.4) is 0 Å². The number of benzene rings is 1. The van der Waals surface area contributed by atoms with Crippen molar-refractivity contribution in [2.24, 2.45) is 0 Å². The van der Waals surface area contributed by atoms with Crippen molar-refractivity contribution in [2.45, 2.75) is 38.0 Å². The molecule has 0 aliphatic carbocycles. The van der Waals surface area contributed by atoms with Crippen LogP contribution >= 0.6 is 11.8 Å². The van der Waals surface area contributed by atoms with E-state index in [0.717, 1.165) is 17.9 Å². The van der Waals surface area contributed by atoms with Gasteiger partial charge in [-0.05, 0) is 50.3 Å². The summed E-state index contributed by atoms with van der Waals surface area (Å²) in [6.07, 6.45) is 2.62. The van der Waals surface area contributed by atoms with Gasteiger partial charge in [0.25, 0.3) is 0 Å². The van der Waals surface area contributed by atoms with Crippen LogP contribution in [-0.4, -0.2) is 17.5 Å². The smallest absolute Gasteiger partial charge is 0.134 e. The van der Waals surface area contributed by atoms with Gasteiger partial charge < -0.3 is 9.73 Å². The number of nitrogens with one attached hydrogen (secondary N) is 1. The van der Waals surface area contributed by atoms with E-state index < -0.39 is 0 Å². The van der Waals surface area contributed by atoms with E-state index in [-0.39, 0.29) is 0 Å². The molecule has 3 rings (SSSR count). The molecule has 2 heterocycles. The highest BCUT2D eigenvalue weighted by Crippen LogP contribution is 2.37. The molecule has 0 spiro atoms. The van der Waals surface area contributed by atoms with Gasteiger partial charge in [0.05, 0.1) is 6.04 Å².